The number of nitrogens with zero attached hydrogens (tertiary/aromatic N) is 2. The van der Waals surface area contributed by atoms with Gasteiger partial charge in [0.05, 0.1) is 26.3 Å². The molecule has 3 heterocycles. The van der Waals surface area contributed by atoms with Crippen LogP contribution in [0.25, 0.3) is 0 Å². The van der Waals surface area contributed by atoms with Crippen LogP contribution in [-0.4, -0.2) is 74.5 Å². The van der Waals surface area contributed by atoms with Crippen molar-refractivity contribution in [2.45, 2.75) is 31.0 Å². The maximum Gasteiger partial charge on any atom is 0.437 e. The first-order chi connectivity index (χ1) is 14.4. The van der Waals surface area contributed by atoms with Gasteiger partial charge in [0.15, 0.2) is 0 Å². The van der Waals surface area contributed by atoms with Gasteiger partial charge in [0.1, 0.15) is 5.60 Å². The zero-order valence-electron chi connectivity index (χ0n) is 16.7. The summed E-state index contributed by atoms with van der Waals surface area (Å²) in [5.41, 5.74) is -1.15. The second-order valence-corrected chi connectivity index (χ2v) is 8.16. The molecule has 0 saturated carbocycles. The number of amides is 2. The molecule has 0 aliphatic carbocycles. The van der Waals surface area contributed by atoms with E-state index in [4.69, 9.17) is 14.2 Å². The van der Waals surface area contributed by atoms with Crippen molar-refractivity contribution in [2.75, 3.05) is 51.0 Å². The molecule has 3 fully saturated rings. The number of hydrogen-bond donors (Lipinski definition) is 0. The highest BCUT2D eigenvalue weighted by Gasteiger charge is 2.58. The molecule has 1 spiro atoms. The molecule has 7 nitrogen and oxygen atoms in total. The lowest BCUT2D eigenvalue weighted by molar-refractivity contribution is -0.293. The largest absolute Gasteiger partial charge is 0.437 e. The summed E-state index contributed by atoms with van der Waals surface area (Å²) in [6.45, 7) is 1.50. The SMILES string of the molecule is O=C(CC1CCOCC1)N1CCOCC2(C1)CN(c1ccccc1)C(=O)C(F)(F)O2. The maximum atomic E-state index is 14.6. The molecular weight excluding hydrogens is 398 g/mol. The second-order valence-electron chi connectivity index (χ2n) is 8.16. The third-order valence-corrected chi connectivity index (χ3v) is 5.86. The van der Waals surface area contributed by atoms with Gasteiger partial charge in [-0.2, -0.15) is 8.78 Å². The highest BCUT2D eigenvalue weighted by atomic mass is 19.3. The summed E-state index contributed by atoms with van der Waals surface area (Å²) in [7, 11) is 0. The Balaban J connectivity index is 1.54. The van der Waals surface area contributed by atoms with Crippen LogP contribution in [0.5, 0.6) is 0 Å². The van der Waals surface area contributed by atoms with E-state index in [1.165, 1.54) is 4.90 Å². The molecule has 0 radical (unpaired) electrons. The normalized spacial score (nSPS) is 27.9. The van der Waals surface area contributed by atoms with Crippen molar-refractivity contribution in [3.63, 3.8) is 0 Å². The highest BCUT2D eigenvalue weighted by Crippen LogP contribution is 2.37. The third-order valence-electron chi connectivity index (χ3n) is 5.86. The Bertz CT molecular complexity index is 772. The van der Waals surface area contributed by atoms with Crippen LogP contribution in [0.4, 0.5) is 14.5 Å². The Morgan fingerprint density at radius 3 is 2.53 bits per heavy atom. The molecule has 2 amide bonds. The van der Waals surface area contributed by atoms with Gasteiger partial charge in [-0.15, -0.1) is 0 Å². The highest BCUT2D eigenvalue weighted by molar-refractivity contribution is 5.98. The first-order valence-electron chi connectivity index (χ1n) is 10.3. The van der Waals surface area contributed by atoms with Crippen molar-refractivity contribution in [2.24, 2.45) is 5.92 Å². The summed E-state index contributed by atoms with van der Waals surface area (Å²) >= 11 is 0. The van der Waals surface area contributed by atoms with Crippen LogP contribution in [0.2, 0.25) is 0 Å². The molecule has 4 rings (SSSR count). The molecule has 1 aromatic carbocycles. The van der Waals surface area contributed by atoms with E-state index < -0.39 is 17.6 Å². The van der Waals surface area contributed by atoms with Gasteiger partial charge in [-0.05, 0) is 30.9 Å². The van der Waals surface area contributed by atoms with Gasteiger partial charge in [-0.25, -0.2) is 0 Å². The van der Waals surface area contributed by atoms with E-state index in [-0.39, 0.29) is 38.1 Å². The zero-order valence-corrected chi connectivity index (χ0v) is 16.7. The second kappa shape index (κ2) is 8.56. The fourth-order valence-electron chi connectivity index (χ4n) is 4.28. The van der Waals surface area contributed by atoms with Crippen molar-refractivity contribution in [3.8, 4) is 0 Å². The molecule has 30 heavy (non-hydrogen) atoms. The minimum Gasteiger partial charge on any atom is -0.381 e. The number of rotatable bonds is 3. The Morgan fingerprint density at radius 2 is 1.80 bits per heavy atom. The van der Waals surface area contributed by atoms with Gasteiger partial charge < -0.3 is 19.3 Å². The van der Waals surface area contributed by atoms with Gasteiger partial charge >= 0.3 is 12.0 Å². The smallest absolute Gasteiger partial charge is 0.381 e. The summed E-state index contributed by atoms with van der Waals surface area (Å²) in [6, 6.07) is 8.29. The number of carbonyl (C=O) groups excluding carboxylic acids is 2. The lowest BCUT2D eigenvalue weighted by atomic mass is 9.95. The third kappa shape index (κ3) is 4.48. The Hall–Kier alpha value is -2.10. The van der Waals surface area contributed by atoms with Crippen LogP contribution in [0.3, 0.4) is 0 Å². The standard InChI is InChI=1S/C21H26F2N2O5/c22-21(23)19(27)25(17-4-2-1-3-5-17)14-20(30-21)13-24(8-11-29-15-20)18(26)12-16-6-9-28-10-7-16/h1-5,16H,6-15H2. The van der Waals surface area contributed by atoms with E-state index in [1.807, 2.05) is 0 Å². The molecule has 0 N–H and O–H groups in total. The molecular formula is C21H26F2N2O5. The number of anilines is 1. The average Bonchev–Trinajstić information content (AvgIpc) is 2.94. The minimum absolute atomic E-state index is 0.0543. The lowest BCUT2D eigenvalue weighted by Gasteiger charge is -2.45. The molecule has 0 aromatic heterocycles. The Kier molecular flexibility index (Phi) is 6.04. The number of morpholine rings is 1. The molecule has 3 aliphatic rings. The van der Waals surface area contributed by atoms with Crippen molar-refractivity contribution in [1.29, 1.82) is 0 Å². The van der Waals surface area contributed by atoms with E-state index >= 15 is 0 Å². The predicted molar refractivity (Wildman–Crippen MR) is 103 cm³/mol. The monoisotopic (exact) mass is 424 g/mol. The maximum absolute atomic E-state index is 14.6. The van der Waals surface area contributed by atoms with Crippen LogP contribution < -0.4 is 4.90 Å². The van der Waals surface area contributed by atoms with Crippen LogP contribution in [0, 0.1) is 5.92 Å². The molecule has 1 atom stereocenters. The Labute approximate surface area is 173 Å². The van der Waals surface area contributed by atoms with E-state index in [0.717, 1.165) is 17.7 Å². The number of alkyl halides is 2. The molecule has 164 valence electrons. The predicted octanol–water partition coefficient (Wildman–Crippen LogP) is 2.06. The average molecular weight is 424 g/mol. The summed E-state index contributed by atoms with van der Waals surface area (Å²) in [5, 5.41) is 0. The van der Waals surface area contributed by atoms with Crippen molar-refractivity contribution in [3.05, 3.63) is 30.3 Å². The van der Waals surface area contributed by atoms with Crippen LogP contribution in [0.15, 0.2) is 30.3 Å². The van der Waals surface area contributed by atoms with Crippen LogP contribution in [0.1, 0.15) is 19.3 Å². The van der Waals surface area contributed by atoms with E-state index in [0.29, 0.717) is 31.9 Å². The number of benzene rings is 1. The molecule has 9 heteroatoms. The van der Waals surface area contributed by atoms with E-state index in [2.05, 4.69) is 0 Å². The first-order valence-corrected chi connectivity index (χ1v) is 10.3. The quantitative estimate of drug-likeness (QED) is 0.743. The molecule has 1 aromatic rings. The van der Waals surface area contributed by atoms with Crippen LogP contribution in [-0.2, 0) is 23.8 Å². The van der Waals surface area contributed by atoms with Crippen molar-refractivity contribution < 1.29 is 32.6 Å². The molecule has 3 saturated heterocycles. The number of para-hydroxylation sites is 1. The van der Waals surface area contributed by atoms with E-state index in [1.54, 1.807) is 30.3 Å². The van der Waals surface area contributed by atoms with Crippen molar-refractivity contribution in [1.82, 2.24) is 4.90 Å². The number of ether oxygens (including phenoxy) is 3. The van der Waals surface area contributed by atoms with Crippen LogP contribution >= 0.6 is 0 Å². The molecule has 3 aliphatic heterocycles. The zero-order chi connectivity index (χ0) is 21.2. The lowest BCUT2D eigenvalue weighted by Crippen LogP contribution is -2.66. The fourth-order valence-corrected chi connectivity index (χ4v) is 4.28. The summed E-state index contributed by atoms with van der Waals surface area (Å²) in [4.78, 5) is 27.8. The summed E-state index contributed by atoms with van der Waals surface area (Å²) in [5.74, 6) is -1.30. The minimum atomic E-state index is -4.00. The molecule has 1 unspecified atom stereocenters. The van der Waals surface area contributed by atoms with Gasteiger partial charge in [0.25, 0.3) is 0 Å². The molecule has 0 bridgehead atoms. The van der Waals surface area contributed by atoms with Gasteiger partial charge in [-0.3, -0.25) is 14.3 Å². The van der Waals surface area contributed by atoms with Crippen molar-refractivity contribution >= 4 is 17.5 Å². The fraction of sp³-hybridized carbons (Fsp3) is 0.619. The van der Waals surface area contributed by atoms with Gasteiger partial charge in [0, 0.05) is 31.9 Å². The van der Waals surface area contributed by atoms with Gasteiger partial charge in [-0.1, -0.05) is 18.2 Å². The topological polar surface area (TPSA) is 68.3 Å². The summed E-state index contributed by atoms with van der Waals surface area (Å²) < 4.78 is 45.2. The number of hydrogen-bond acceptors (Lipinski definition) is 5. The first kappa shape index (κ1) is 21.1. The number of halogens is 2. The summed E-state index contributed by atoms with van der Waals surface area (Å²) in [6.07, 6.45) is -2.04. The number of carbonyl (C=O) groups is 2. The Morgan fingerprint density at radius 1 is 1.07 bits per heavy atom. The van der Waals surface area contributed by atoms with Gasteiger partial charge in [0.2, 0.25) is 5.91 Å². The van der Waals surface area contributed by atoms with E-state index in [9.17, 15) is 18.4 Å².